The van der Waals surface area contributed by atoms with Gasteiger partial charge in [-0.15, -0.1) is 0 Å². The fourth-order valence-electron chi connectivity index (χ4n) is 3.01. The summed E-state index contributed by atoms with van der Waals surface area (Å²) in [5.74, 6) is 0.783. The van der Waals surface area contributed by atoms with Gasteiger partial charge in [-0.2, -0.15) is 0 Å². The van der Waals surface area contributed by atoms with Crippen LogP contribution in [0.15, 0.2) is 48.5 Å². The first-order valence-electron chi connectivity index (χ1n) is 8.64. The van der Waals surface area contributed by atoms with E-state index in [1.54, 1.807) is 7.11 Å². The lowest BCUT2D eigenvalue weighted by Gasteiger charge is -2.35. The van der Waals surface area contributed by atoms with Gasteiger partial charge in [-0.25, -0.2) is 0 Å². The maximum atomic E-state index is 12.3. The normalized spacial score (nSPS) is 15.1. The Bertz CT molecular complexity index is 731. The number of nitrogens with zero attached hydrogens (tertiary/aromatic N) is 2. The SMILES string of the molecule is COCOc1ccc(N2CCN(CC(=O)c3ccccc3)CC2)cc1Cl. The summed E-state index contributed by atoms with van der Waals surface area (Å²) in [6, 6.07) is 15.2. The van der Waals surface area contributed by atoms with Gasteiger partial charge in [0.2, 0.25) is 0 Å². The van der Waals surface area contributed by atoms with Crippen molar-refractivity contribution in [3.05, 3.63) is 59.1 Å². The topological polar surface area (TPSA) is 42.0 Å². The number of halogens is 1. The van der Waals surface area contributed by atoms with Crippen LogP contribution in [-0.4, -0.2) is 57.3 Å². The van der Waals surface area contributed by atoms with Gasteiger partial charge in [-0.1, -0.05) is 41.9 Å². The number of carbonyl (C=O) groups is 1. The van der Waals surface area contributed by atoms with Gasteiger partial charge in [0.1, 0.15) is 5.75 Å². The van der Waals surface area contributed by atoms with Gasteiger partial charge < -0.3 is 14.4 Å². The Hall–Kier alpha value is -2.08. The largest absolute Gasteiger partial charge is 0.466 e. The summed E-state index contributed by atoms with van der Waals surface area (Å²) in [4.78, 5) is 16.8. The van der Waals surface area contributed by atoms with Crippen molar-refractivity contribution in [3.8, 4) is 5.75 Å². The third kappa shape index (κ3) is 4.75. The number of rotatable bonds is 7. The summed E-state index contributed by atoms with van der Waals surface area (Å²) in [6.07, 6.45) is 0. The molecule has 0 aliphatic carbocycles. The molecule has 0 amide bonds. The third-order valence-electron chi connectivity index (χ3n) is 4.45. The van der Waals surface area contributed by atoms with E-state index in [1.807, 2.05) is 48.5 Å². The molecular formula is C20H23ClN2O3. The highest BCUT2D eigenvalue weighted by atomic mass is 35.5. The van der Waals surface area contributed by atoms with Gasteiger partial charge in [0.15, 0.2) is 12.6 Å². The Kier molecular flexibility index (Phi) is 6.50. The first-order valence-corrected chi connectivity index (χ1v) is 9.02. The maximum Gasteiger partial charge on any atom is 0.188 e. The van der Waals surface area contributed by atoms with Crippen molar-refractivity contribution >= 4 is 23.1 Å². The molecule has 1 heterocycles. The van der Waals surface area contributed by atoms with Crippen molar-refractivity contribution in [2.45, 2.75) is 0 Å². The molecule has 138 valence electrons. The zero-order valence-electron chi connectivity index (χ0n) is 14.9. The molecule has 0 atom stereocenters. The van der Waals surface area contributed by atoms with Gasteiger partial charge in [-0.3, -0.25) is 9.69 Å². The number of hydrogen-bond donors (Lipinski definition) is 0. The average molecular weight is 375 g/mol. The number of hydrogen-bond acceptors (Lipinski definition) is 5. The van der Waals surface area contributed by atoms with Crippen LogP contribution in [0.1, 0.15) is 10.4 Å². The third-order valence-corrected chi connectivity index (χ3v) is 4.74. The molecule has 26 heavy (non-hydrogen) atoms. The number of ether oxygens (including phenoxy) is 2. The zero-order chi connectivity index (χ0) is 18.4. The van der Waals surface area contributed by atoms with Crippen LogP contribution in [0.4, 0.5) is 5.69 Å². The van der Waals surface area contributed by atoms with E-state index in [-0.39, 0.29) is 12.6 Å². The summed E-state index contributed by atoms with van der Waals surface area (Å²) >= 11 is 6.29. The van der Waals surface area contributed by atoms with Gasteiger partial charge in [-0.05, 0) is 18.2 Å². The van der Waals surface area contributed by atoms with Crippen LogP contribution in [0, 0.1) is 0 Å². The van der Waals surface area contributed by atoms with Crippen LogP contribution in [0.25, 0.3) is 0 Å². The van der Waals surface area contributed by atoms with Gasteiger partial charge >= 0.3 is 0 Å². The molecule has 2 aromatic rings. The van der Waals surface area contributed by atoms with Crippen LogP contribution in [0.5, 0.6) is 5.75 Å². The molecule has 6 heteroatoms. The van der Waals surface area contributed by atoms with Crippen molar-refractivity contribution in [1.29, 1.82) is 0 Å². The molecular weight excluding hydrogens is 352 g/mol. The molecule has 0 saturated carbocycles. The van der Waals surface area contributed by atoms with E-state index < -0.39 is 0 Å². The molecule has 1 aliphatic rings. The van der Waals surface area contributed by atoms with Crippen LogP contribution < -0.4 is 9.64 Å². The Labute approximate surface area is 159 Å². The monoisotopic (exact) mass is 374 g/mol. The summed E-state index contributed by atoms with van der Waals surface area (Å²) in [6.45, 7) is 4.04. The van der Waals surface area contributed by atoms with Crippen molar-refractivity contribution in [2.75, 3.05) is 51.5 Å². The van der Waals surface area contributed by atoms with Crippen molar-refractivity contribution in [2.24, 2.45) is 0 Å². The molecule has 1 fully saturated rings. The van der Waals surface area contributed by atoms with E-state index in [9.17, 15) is 4.79 Å². The first-order chi connectivity index (χ1) is 12.7. The Morgan fingerprint density at radius 3 is 2.46 bits per heavy atom. The van der Waals surface area contributed by atoms with Gasteiger partial charge in [0, 0.05) is 44.5 Å². The van der Waals surface area contributed by atoms with Crippen LogP contribution in [-0.2, 0) is 4.74 Å². The van der Waals surface area contributed by atoms with Crippen molar-refractivity contribution in [3.63, 3.8) is 0 Å². The lowest BCUT2D eigenvalue weighted by molar-refractivity contribution is 0.0512. The van der Waals surface area contributed by atoms with Crippen molar-refractivity contribution in [1.82, 2.24) is 4.90 Å². The molecule has 0 aromatic heterocycles. The van der Waals surface area contributed by atoms with Gasteiger partial charge in [0.05, 0.1) is 11.6 Å². The predicted molar refractivity (Wildman–Crippen MR) is 103 cm³/mol. The van der Waals surface area contributed by atoms with E-state index in [4.69, 9.17) is 21.1 Å². The lowest BCUT2D eigenvalue weighted by Crippen LogP contribution is -2.48. The highest BCUT2D eigenvalue weighted by molar-refractivity contribution is 6.32. The molecule has 1 aliphatic heterocycles. The molecule has 0 spiro atoms. The van der Waals surface area contributed by atoms with Crippen molar-refractivity contribution < 1.29 is 14.3 Å². The van der Waals surface area contributed by atoms with Gasteiger partial charge in [0.25, 0.3) is 0 Å². The first kappa shape index (κ1) is 18.7. The standard InChI is InChI=1S/C20H23ClN2O3/c1-25-15-26-20-8-7-17(13-18(20)21)23-11-9-22(10-12-23)14-19(24)16-5-3-2-4-6-16/h2-8,13H,9-12,14-15H2,1H3. The maximum absolute atomic E-state index is 12.3. The second-order valence-electron chi connectivity index (χ2n) is 6.22. The minimum absolute atomic E-state index is 0.168. The fourth-order valence-corrected chi connectivity index (χ4v) is 3.24. The fraction of sp³-hybridized carbons (Fsp3) is 0.350. The molecule has 2 aromatic carbocycles. The quantitative estimate of drug-likeness (QED) is 0.549. The predicted octanol–water partition coefficient (Wildman–Crippen LogP) is 3.33. The number of methoxy groups -OCH3 is 1. The molecule has 0 radical (unpaired) electrons. The molecule has 3 rings (SSSR count). The van der Waals surface area contributed by atoms with E-state index in [2.05, 4.69) is 9.80 Å². The zero-order valence-corrected chi connectivity index (χ0v) is 15.6. The number of carbonyl (C=O) groups excluding carboxylic acids is 1. The number of ketones is 1. The average Bonchev–Trinajstić information content (AvgIpc) is 2.68. The Balaban J connectivity index is 1.53. The lowest BCUT2D eigenvalue weighted by atomic mass is 10.1. The number of benzene rings is 2. The van der Waals surface area contributed by atoms with Crippen LogP contribution in [0.2, 0.25) is 5.02 Å². The minimum Gasteiger partial charge on any atom is -0.466 e. The Morgan fingerprint density at radius 2 is 1.81 bits per heavy atom. The molecule has 0 bridgehead atoms. The minimum atomic E-state index is 0.168. The molecule has 1 saturated heterocycles. The second kappa shape index (κ2) is 9.03. The summed E-state index contributed by atoms with van der Waals surface area (Å²) in [5.41, 5.74) is 1.84. The summed E-state index contributed by atoms with van der Waals surface area (Å²) in [7, 11) is 1.57. The van der Waals surface area contributed by atoms with E-state index in [0.717, 1.165) is 37.4 Å². The van der Waals surface area contributed by atoms with E-state index in [1.165, 1.54) is 0 Å². The number of piperazine rings is 1. The number of anilines is 1. The summed E-state index contributed by atoms with van der Waals surface area (Å²) < 4.78 is 10.3. The van der Waals surface area contributed by atoms with E-state index >= 15 is 0 Å². The smallest absolute Gasteiger partial charge is 0.188 e. The number of Topliss-reactive ketones (excluding diaryl/α,β-unsaturated/α-hetero) is 1. The molecule has 0 N–H and O–H groups in total. The highest BCUT2D eigenvalue weighted by Crippen LogP contribution is 2.30. The second-order valence-corrected chi connectivity index (χ2v) is 6.63. The Morgan fingerprint density at radius 1 is 1.08 bits per heavy atom. The summed E-state index contributed by atoms with van der Waals surface area (Å²) in [5, 5.41) is 0.571. The van der Waals surface area contributed by atoms with Crippen LogP contribution >= 0.6 is 11.6 Å². The van der Waals surface area contributed by atoms with Crippen LogP contribution in [0.3, 0.4) is 0 Å². The molecule has 5 nitrogen and oxygen atoms in total. The highest BCUT2D eigenvalue weighted by Gasteiger charge is 2.20. The van der Waals surface area contributed by atoms with E-state index in [0.29, 0.717) is 17.3 Å². The molecule has 0 unspecified atom stereocenters.